The molecule has 0 saturated heterocycles. The van der Waals surface area contributed by atoms with E-state index in [1.165, 1.54) is 13.0 Å². The fourth-order valence-corrected chi connectivity index (χ4v) is 4.99. The zero-order valence-corrected chi connectivity index (χ0v) is 22.4. The number of alkyl halides is 1. The van der Waals surface area contributed by atoms with Crippen molar-refractivity contribution in [3.63, 3.8) is 0 Å². The number of aromatic amines is 1. The largest absolute Gasteiger partial charge is 0.455 e. The molecule has 1 unspecified atom stereocenters. The minimum absolute atomic E-state index is 0.0295. The molecule has 2 aromatic heterocycles. The van der Waals surface area contributed by atoms with Crippen LogP contribution in [0.5, 0.6) is 0 Å². The van der Waals surface area contributed by atoms with E-state index < -0.39 is 11.2 Å². The summed E-state index contributed by atoms with van der Waals surface area (Å²) in [6.45, 7) is 5.21. The van der Waals surface area contributed by atoms with Crippen LogP contribution in [0.1, 0.15) is 60.1 Å². The van der Waals surface area contributed by atoms with Gasteiger partial charge in [0.1, 0.15) is 17.0 Å². The second kappa shape index (κ2) is 9.85. The number of furan rings is 1. The predicted molar refractivity (Wildman–Crippen MR) is 151 cm³/mol. The van der Waals surface area contributed by atoms with Crippen molar-refractivity contribution in [1.29, 1.82) is 0 Å². The number of halogens is 1. The van der Waals surface area contributed by atoms with Gasteiger partial charge in [0.25, 0.3) is 11.8 Å². The summed E-state index contributed by atoms with van der Waals surface area (Å²) >= 11 is 0. The highest BCUT2D eigenvalue weighted by Gasteiger charge is 2.28. The van der Waals surface area contributed by atoms with Crippen LogP contribution in [-0.4, -0.2) is 46.8 Å². The third kappa shape index (κ3) is 5.00. The number of fused-ring (bicyclic) bond motifs is 3. The third-order valence-electron chi connectivity index (χ3n) is 7.17. The summed E-state index contributed by atoms with van der Waals surface area (Å²) in [5, 5.41) is 16.4. The number of hydrogen-bond acceptors (Lipinski definition) is 4. The molecule has 8 heteroatoms. The number of rotatable bonds is 7. The first kappa shape index (κ1) is 26.4. The molecular formula is C31H32FN3O4. The van der Waals surface area contributed by atoms with E-state index in [-0.39, 0.29) is 24.8 Å². The highest BCUT2D eigenvalue weighted by atomic mass is 19.1. The van der Waals surface area contributed by atoms with Gasteiger partial charge in [-0.1, -0.05) is 24.3 Å². The van der Waals surface area contributed by atoms with Gasteiger partial charge >= 0.3 is 0 Å². The molecule has 2 aromatic carbocycles. The Bertz CT molecular complexity index is 1660. The molecule has 0 saturated carbocycles. The molecule has 2 heterocycles. The molecule has 4 N–H and O–H groups in total. The summed E-state index contributed by atoms with van der Waals surface area (Å²) in [5.41, 5.74) is 2.41. The zero-order valence-electron chi connectivity index (χ0n) is 22.4. The molecule has 7 nitrogen and oxygen atoms in total. The lowest BCUT2D eigenvalue weighted by Crippen LogP contribution is -2.44. The molecule has 4 aromatic rings. The molecule has 0 bridgehead atoms. The predicted octanol–water partition coefficient (Wildman–Crippen LogP) is 5.90. The lowest BCUT2D eigenvalue weighted by molar-refractivity contribution is 0.0898. The van der Waals surface area contributed by atoms with E-state index >= 15 is 0 Å². The minimum Gasteiger partial charge on any atom is -0.455 e. The van der Waals surface area contributed by atoms with Crippen LogP contribution >= 0.6 is 0 Å². The fourth-order valence-electron chi connectivity index (χ4n) is 4.99. The molecule has 0 spiro atoms. The number of carbonyl (C=O) groups excluding carboxylic acids is 2. The SMILES string of the molecule is CNC(=O)c1c(C2=CCC(C)(F)C=C2)oc2c1cc(-c1cccc(C(=O)NC(C)(C)CCO)c1)c1[nH]ccc12. The Morgan fingerprint density at radius 1 is 1.18 bits per heavy atom. The van der Waals surface area contributed by atoms with Crippen molar-refractivity contribution in [2.75, 3.05) is 13.7 Å². The molecule has 0 aliphatic heterocycles. The number of aromatic nitrogens is 1. The van der Waals surface area contributed by atoms with Crippen LogP contribution in [0.15, 0.2) is 65.2 Å². The van der Waals surface area contributed by atoms with Gasteiger partial charge in [-0.25, -0.2) is 4.39 Å². The van der Waals surface area contributed by atoms with E-state index in [1.54, 1.807) is 37.5 Å². The minimum atomic E-state index is -1.45. The van der Waals surface area contributed by atoms with Crippen LogP contribution in [0.3, 0.4) is 0 Å². The molecule has 5 rings (SSSR count). The van der Waals surface area contributed by atoms with E-state index in [0.717, 1.165) is 22.0 Å². The number of aliphatic hydroxyl groups excluding tert-OH is 1. The number of amides is 2. The summed E-state index contributed by atoms with van der Waals surface area (Å²) < 4.78 is 20.8. The zero-order chi connectivity index (χ0) is 27.9. The number of nitrogens with one attached hydrogen (secondary N) is 3. The van der Waals surface area contributed by atoms with E-state index in [0.29, 0.717) is 39.9 Å². The van der Waals surface area contributed by atoms with Crippen molar-refractivity contribution >= 4 is 39.3 Å². The highest BCUT2D eigenvalue weighted by molar-refractivity contribution is 6.18. The van der Waals surface area contributed by atoms with Crippen LogP contribution in [0.25, 0.3) is 38.6 Å². The highest BCUT2D eigenvalue weighted by Crippen LogP contribution is 2.41. The van der Waals surface area contributed by atoms with Gasteiger partial charge in [-0.15, -0.1) is 0 Å². The van der Waals surface area contributed by atoms with E-state index in [2.05, 4.69) is 15.6 Å². The normalized spacial score (nSPS) is 17.4. The van der Waals surface area contributed by atoms with Crippen molar-refractivity contribution in [3.05, 3.63) is 77.7 Å². The summed E-state index contributed by atoms with van der Waals surface area (Å²) in [4.78, 5) is 29.5. The lowest BCUT2D eigenvalue weighted by Gasteiger charge is -2.25. The van der Waals surface area contributed by atoms with Crippen molar-refractivity contribution in [2.45, 2.75) is 44.8 Å². The molecule has 0 fully saturated rings. The van der Waals surface area contributed by atoms with Crippen molar-refractivity contribution in [3.8, 4) is 11.1 Å². The molecule has 202 valence electrons. The number of carbonyl (C=O) groups is 2. The molecule has 1 aliphatic rings. The Kier molecular flexibility index (Phi) is 6.68. The maximum Gasteiger partial charge on any atom is 0.255 e. The van der Waals surface area contributed by atoms with Crippen LogP contribution in [0.2, 0.25) is 0 Å². The summed E-state index contributed by atoms with van der Waals surface area (Å²) in [6, 6.07) is 11.1. The number of hydrogen-bond donors (Lipinski definition) is 4. The van der Waals surface area contributed by atoms with Gasteiger partial charge in [-0.2, -0.15) is 0 Å². The Morgan fingerprint density at radius 2 is 1.97 bits per heavy atom. The van der Waals surface area contributed by atoms with E-state index in [9.17, 15) is 19.1 Å². The van der Waals surface area contributed by atoms with Crippen LogP contribution in [0, 0.1) is 0 Å². The number of benzene rings is 2. The second-order valence-electron chi connectivity index (χ2n) is 10.8. The van der Waals surface area contributed by atoms with Gasteiger partial charge in [0.2, 0.25) is 0 Å². The Hall–Kier alpha value is -4.17. The first-order valence-electron chi connectivity index (χ1n) is 12.9. The smallest absolute Gasteiger partial charge is 0.255 e. The van der Waals surface area contributed by atoms with Crippen molar-refractivity contribution in [1.82, 2.24) is 15.6 Å². The maximum atomic E-state index is 14.4. The maximum absolute atomic E-state index is 14.4. The quantitative estimate of drug-likeness (QED) is 0.239. The standard InChI is InChI=1S/C31H32FN3O4/c1-30(2,13-15-36)35-28(37)20-7-5-6-19(16-20)22-17-23-24(29(38)33-4)26(18-8-11-31(3,32)12-9-18)39-27(23)21-10-14-34-25(21)22/h5-11,14,16-17,34,36H,12-13,15H2,1-4H3,(H,33,38)(H,35,37). The fraction of sp³-hybridized carbons (Fsp3) is 0.290. The van der Waals surface area contributed by atoms with Gasteiger partial charge in [0.15, 0.2) is 0 Å². The van der Waals surface area contributed by atoms with Crippen LogP contribution in [-0.2, 0) is 0 Å². The van der Waals surface area contributed by atoms with Crippen molar-refractivity contribution in [2.24, 2.45) is 0 Å². The van der Waals surface area contributed by atoms with Gasteiger partial charge in [-0.05, 0) is 63.1 Å². The molecule has 2 amide bonds. The summed E-state index contributed by atoms with van der Waals surface area (Å²) in [5.74, 6) is -0.173. The molecule has 1 atom stereocenters. The monoisotopic (exact) mass is 529 g/mol. The first-order valence-corrected chi connectivity index (χ1v) is 12.9. The molecule has 0 radical (unpaired) electrons. The van der Waals surface area contributed by atoms with Gasteiger partial charge in [0, 0.05) is 59.3 Å². The van der Waals surface area contributed by atoms with Crippen molar-refractivity contribution < 1.29 is 23.5 Å². The Morgan fingerprint density at radius 3 is 2.67 bits per heavy atom. The van der Waals surface area contributed by atoms with Gasteiger partial charge in [0.05, 0.1) is 11.1 Å². The number of H-pyrrole nitrogens is 1. The summed E-state index contributed by atoms with van der Waals surface area (Å²) in [7, 11) is 1.56. The Labute approximate surface area is 225 Å². The number of allylic oxidation sites excluding steroid dienone is 4. The first-order chi connectivity index (χ1) is 18.5. The molecule has 39 heavy (non-hydrogen) atoms. The lowest BCUT2D eigenvalue weighted by atomic mass is 9.92. The Balaban J connectivity index is 1.66. The topological polar surface area (TPSA) is 107 Å². The summed E-state index contributed by atoms with van der Waals surface area (Å²) in [6.07, 6.45) is 7.30. The van der Waals surface area contributed by atoms with Crippen LogP contribution < -0.4 is 10.6 Å². The number of aliphatic hydroxyl groups is 1. The van der Waals surface area contributed by atoms with E-state index in [4.69, 9.17) is 4.42 Å². The van der Waals surface area contributed by atoms with Gasteiger partial charge < -0.3 is 25.1 Å². The van der Waals surface area contributed by atoms with Crippen LogP contribution in [0.4, 0.5) is 4.39 Å². The average Bonchev–Trinajstić information content (AvgIpc) is 3.52. The third-order valence-corrected chi connectivity index (χ3v) is 7.17. The average molecular weight is 530 g/mol. The van der Waals surface area contributed by atoms with Gasteiger partial charge in [-0.3, -0.25) is 9.59 Å². The van der Waals surface area contributed by atoms with E-state index in [1.807, 2.05) is 38.1 Å². The molecule has 1 aliphatic carbocycles. The second-order valence-corrected chi connectivity index (χ2v) is 10.8. The molecular weight excluding hydrogens is 497 g/mol.